The van der Waals surface area contributed by atoms with E-state index in [1.165, 1.54) is 36.3 Å². The number of hydrogen-bond donors (Lipinski definition) is 1. The van der Waals surface area contributed by atoms with Crippen LogP contribution in [0.1, 0.15) is 33.7 Å². The second-order valence-corrected chi connectivity index (χ2v) is 10.4. The highest BCUT2D eigenvalue weighted by Crippen LogP contribution is 2.31. The first kappa shape index (κ1) is 24.7. The number of carbonyl (C=O) groups excluding carboxylic acids is 3. The number of carbonyl (C=O) groups is 3. The first-order valence-electron chi connectivity index (χ1n) is 11.0. The Morgan fingerprint density at radius 3 is 2.46 bits per heavy atom. The number of aromatic nitrogens is 2. The molecule has 3 heterocycles. The fraction of sp³-hybridized carbons (Fsp3) is 0.348. The summed E-state index contributed by atoms with van der Waals surface area (Å²) >= 11 is 2.82. The van der Waals surface area contributed by atoms with Gasteiger partial charge in [0.05, 0.1) is 16.2 Å². The van der Waals surface area contributed by atoms with Crippen LogP contribution in [0, 0.1) is 0 Å². The molecule has 1 aliphatic rings. The molecule has 1 N–H and O–H groups in total. The van der Waals surface area contributed by atoms with Gasteiger partial charge >= 0.3 is 0 Å². The molecular formula is C23H26N6O4S2. The third-order valence-corrected chi connectivity index (χ3v) is 7.56. The third-order valence-electron chi connectivity index (χ3n) is 5.47. The molecule has 4 rings (SSSR count). The summed E-state index contributed by atoms with van der Waals surface area (Å²) in [7, 11) is 3.89. The molecule has 1 saturated heterocycles. The summed E-state index contributed by atoms with van der Waals surface area (Å²) in [6, 6.07) is 7.33. The van der Waals surface area contributed by atoms with Gasteiger partial charge in [0.25, 0.3) is 11.8 Å². The molecule has 1 fully saturated rings. The lowest BCUT2D eigenvalue weighted by atomic mass is 10.2. The Morgan fingerprint density at radius 2 is 1.80 bits per heavy atom. The largest absolute Gasteiger partial charge is 0.447 e. The molecule has 1 aromatic carbocycles. The van der Waals surface area contributed by atoms with Crippen LogP contribution in [-0.4, -0.2) is 77.8 Å². The number of amides is 3. The number of nitrogens with one attached hydrogen (secondary N) is 1. The zero-order chi connectivity index (χ0) is 24.9. The molecule has 0 unspecified atom stereocenters. The van der Waals surface area contributed by atoms with Crippen molar-refractivity contribution in [3.8, 4) is 0 Å². The van der Waals surface area contributed by atoms with Crippen LogP contribution in [-0.2, 0) is 10.5 Å². The Kier molecular flexibility index (Phi) is 7.71. The summed E-state index contributed by atoms with van der Waals surface area (Å²) in [6.07, 6.45) is 3.05. The van der Waals surface area contributed by atoms with Gasteiger partial charge in [-0.15, -0.1) is 11.8 Å². The van der Waals surface area contributed by atoms with Crippen LogP contribution in [0.2, 0.25) is 0 Å². The summed E-state index contributed by atoms with van der Waals surface area (Å²) in [5, 5.41) is 3.32. The van der Waals surface area contributed by atoms with Gasteiger partial charge in [-0.25, -0.2) is 9.97 Å². The number of anilines is 2. The molecule has 35 heavy (non-hydrogen) atoms. The normalized spacial score (nSPS) is 13.6. The number of benzene rings is 1. The summed E-state index contributed by atoms with van der Waals surface area (Å²) in [6.45, 7) is 3.53. The minimum absolute atomic E-state index is 0.0160. The molecule has 0 atom stereocenters. The zero-order valence-electron chi connectivity index (χ0n) is 19.7. The molecule has 0 saturated carbocycles. The van der Waals surface area contributed by atoms with Crippen LogP contribution in [0.15, 0.2) is 45.4 Å². The van der Waals surface area contributed by atoms with E-state index < -0.39 is 0 Å². The number of thiazole rings is 1. The molecule has 0 aliphatic carbocycles. The first-order chi connectivity index (χ1) is 16.8. The Labute approximate surface area is 211 Å². The second kappa shape index (κ2) is 10.9. The molecule has 0 bridgehead atoms. The van der Waals surface area contributed by atoms with E-state index in [1.807, 2.05) is 31.1 Å². The lowest BCUT2D eigenvalue weighted by Gasteiger charge is -2.33. The van der Waals surface area contributed by atoms with Crippen molar-refractivity contribution in [2.45, 2.75) is 16.9 Å². The Bertz CT molecular complexity index is 1200. The van der Waals surface area contributed by atoms with E-state index in [4.69, 9.17) is 4.42 Å². The van der Waals surface area contributed by atoms with Crippen molar-refractivity contribution >= 4 is 51.6 Å². The fourth-order valence-electron chi connectivity index (χ4n) is 3.46. The Balaban J connectivity index is 1.27. The summed E-state index contributed by atoms with van der Waals surface area (Å²) in [5.41, 5.74) is 1.83. The maximum Gasteiger partial charge on any atom is 0.275 e. The van der Waals surface area contributed by atoms with Crippen molar-refractivity contribution in [1.82, 2.24) is 19.8 Å². The smallest absolute Gasteiger partial charge is 0.275 e. The van der Waals surface area contributed by atoms with E-state index in [0.717, 1.165) is 9.90 Å². The van der Waals surface area contributed by atoms with Gasteiger partial charge < -0.3 is 19.1 Å². The SMILES string of the molecule is CC(=O)N1CCN(C(=O)c2coc(CSc3cnc(NC(=O)c4ccc(N(C)C)cc4)s3)n2)CC1. The summed E-state index contributed by atoms with van der Waals surface area (Å²) in [5.74, 6) is 0.450. The third kappa shape index (κ3) is 6.20. The van der Waals surface area contributed by atoms with Crippen LogP contribution in [0.5, 0.6) is 0 Å². The van der Waals surface area contributed by atoms with Gasteiger partial charge in [0.15, 0.2) is 10.8 Å². The molecule has 184 valence electrons. The topological polar surface area (TPSA) is 112 Å². The number of nitrogens with zero attached hydrogens (tertiary/aromatic N) is 5. The molecule has 1 aliphatic heterocycles. The van der Waals surface area contributed by atoms with Crippen LogP contribution in [0.25, 0.3) is 0 Å². The van der Waals surface area contributed by atoms with E-state index in [2.05, 4.69) is 15.3 Å². The van der Waals surface area contributed by atoms with Crippen LogP contribution in [0.4, 0.5) is 10.8 Å². The van der Waals surface area contributed by atoms with Crippen molar-refractivity contribution < 1.29 is 18.8 Å². The van der Waals surface area contributed by atoms with E-state index in [0.29, 0.717) is 48.5 Å². The van der Waals surface area contributed by atoms with Gasteiger partial charge in [-0.3, -0.25) is 19.7 Å². The molecule has 10 nitrogen and oxygen atoms in total. The highest BCUT2D eigenvalue weighted by molar-refractivity contribution is 8.00. The zero-order valence-corrected chi connectivity index (χ0v) is 21.3. The Hall–Kier alpha value is -3.38. The van der Waals surface area contributed by atoms with E-state index in [-0.39, 0.29) is 23.4 Å². The van der Waals surface area contributed by atoms with Gasteiger partial charge in [-0.05, 0) is 24.3 Å². The van der Waals surface area contributed by atoms with Gasteiger partial charge in [0.1, 0.15) is 6.26 Å². The number of rotatable bonds is 7. The predicted octanol–water partition coefficient (Wildman–Crippen LogP) is 3.05. The highest BCUT2D eigenvalue weighted by atomic mass is 32.2. The molecule has 0 radical (unpaired) electrons. The number of hydrogen-bond acceptors (Lipinski definition) is 9. The van der Waals surface area contributed by atoms with Gasteiger partial charge in [0, 0.05) is 58.4 Å². The average Bonchev–Trinajstić information content (AvgIpc) is 3.52. The molecule has 2 aromatic heterocycles. The second-order valence-electron chi connectivity index (χ2n) is 8.09. The van der Waals surface area contributed by atoms with Crippen molar-refractivity contribution in [1.29, 1.82) is 0 Å². The molecule has 3 amide bonds. The quantitative estimate of drug-likeness (QED) is 0.479. The van der Waals surface area contributed by atoms with E-state index in [9.17, 15) is 14.4 Å². The molecule has 0 spiro atoms. The van der Waals surface area contributed by atoms with Crippen LogP contribution < -0.4 is 10.2 Å². The summed E-state index contributed by atoms with van der Waals surface area (Å²) in [4.78, 5) is 50.6. The van der Waals surface area contributed by atoms with E-state index >= 15 is 0 Å². The standard InChI is InChI=1S/C23H26N6O4S2/c1-15(30)28-8-10-29(11-9-28)22(32)18-13-33-19(25-18)14-34-20-12-24-23(35-20)26-21(31)16-4-6-17(7-5-16)27(2)3/h4-7,12-13H,8-11,14H2,1-3H3,(H,24,26,31). The van der Waals surface area contributed by atoms with Gasteiger partial charge in [-0.2, -0.15) is 0 Å². The van der Waals surface area contributed by atoms with Crippen molar-refractivity contribution in [3.63, 3.8) is 0 Å². The van der Waals surface area contributed by atoms with Crippen molar-refractivity contribution in [2.24, 2.45) is 0 Å². The molecule has 3 aromatic rings. The maximum absolute atomic E-state index is 12.7. The minimum Gasteiger partial charge on any atom is -0.447 e. The van der Waals surface area contributed by atoms with Crippen LogP contribution in [0.3, 0.4) is 0 Å². The predicted molar refractivity (Wildman–Crippen MR) is 135 cm³/mol. The lowest BCUT2D eigenvalue weighted by molar-refractivity contribution is -0.130. The fourth-order valence-corrected chi connectivity index (χ4v) is 5.18. The minimum atomic E-state index is -0.221. The monoisotopic (exact) mass is 514 g/mol. The lowest BCUT2D eigenvalue weighted by Crippen LogP contribution is -2.50. The Morgan fingerprint density at radius 1 is 1.11 bits per heavy atom. The number of piperazine rings is 1. The number of thioether (sulfide) groups is 1. The van der Waals surface area contributed by atoms with Crippen molar-refractivity contribution in [2.75, 3.05) is 50.5 Å². The average molecular weight is 515 g/mol. The first-order valence-corrected chi connectivity index (χ1v) is 12.8. The number of oxazole rings is 1. The van der Waals surface area contributed by atoms with Gasteiger partial charge in [0.2, 0.25) is 11.8 Å². The van der Waals surface area contributed by atoms with Crippen LogP contribution >= 0.6 is 23.1 Å². The van der Waals surface area contributed by atoms with E-state index in [1.54, 1.807) is 28.1 Å². The van der Waals surface area contributed by atoms with Crippen molar-refractivity contribution in [3.05, 3.63) is 53.9 Å². The maximum atomic E-state index is 12.7. The molecule has 12 heteroatoms. The highest BCUT2D eigenvalue weighted by Gasteiger charge is 2.25. The molecular weight excluding hydrogens is 488 g/mol. The summed E-state index contributed by atoms with van der Waals surface area (Å²) < 4.78 is 6.36. The van der Waals surface area contributed by atoms with Gasteiger partial charge in [-0.1, -0.05) is 11.3 Å².